The Morgan fingerprint density at radius 2 is 2.03 bits per heavy atom. The fourth-order valence-electron chi connectivity index (χ4n) is 3.77. The third kappa shape index (κ3) is 5.34. The molecular formula is C23H29N3O3. The lowest BCUT2D eigenvalue weighted by Crippen LogP contribution is -2.35. The first-order chi connectivity index (χ1) is 14.0. The van der Waals surface area contributed by atoms with Gasteiger partial charge >= 0.3 is 0 Å². The molecule has 1 aliphatic heterocycles. The standard InChI is InChI=1S/C23H29N3O3/c1-16(2)11-22(27)26-14-20(17-7-6-9-19(12-17)29-3)21(15-26)23(28)25-13-18-8-4-5-10-24-18/h4-10,12,16,20-21H,11,13-15H2,1-3H3,(H,25,28)/t20-,21+/m1/s1. The first kappa shape index (κ1) is 20.8. The second kappa shape index (κ2) is 9.54. The molecular weight excluding hydrogens is 366 g/mol. The third-order valence-corrected chi connectivity index (χ3v) is 5.28. The van der Waals surface area contributed by atoms with Crippen LogP contribution in [0.4, 0.5) is 0 Å². The third-order valence-electron chi connectivity index (χ3n) is 5.28. The first-order valence-electron chi connectivity index (χ1n) is 10.1. The molecule has 3 rings (SSSR count). The van der Waals surface area contributed by atoms with E-state index >= 15 is 0 Å². The first-order valence-corrected chi connectivity index (χ1v) is 10.1. The van der Waals surface area contributed by atoms with Crippen LogP contribution in [0.25, 0.3) is 0 Å². The van der Waals surface area contributed by atoms with Crippen molar-refractivity contribution in [2.75, 3.05) is 20.2 Å². The van der Waals surface area contributed by atoms with Crippen molar-refractivity contribution < 1.29 is 14.3 Å². The molecule has 2 aromatic rings. The Morgan fingerprint density at radius 1 is 1.21 bits per heavy atom. The van der Waals surface area contributed by atoms with E-state index in [1.54, 1.807) is 13.3 Å². The van der Waals surface area contributed by atoms with Crippen LogP contribution in [0.5, 0.6) is 5.75 Å². The van der Waals surface area contributed by atoms with Gasteiger partial charge in [-0.2, -0.15) is 0 Å². The van der Waals surface area contributed by atoms with E-state index < -0.39 is 0 Å². The lowest BCUT2D eigenvalue weighted by Gasteiger charge is -2.18. The summed E-state index contributed by atoms with van der Waals surface area (Å²) in [5.41, 5.74) is 1.83. The molecule has 0 radical (unpaired) electrons. The number of hydrogen-bond donors (Lipinski definition) is 1. The lowest BCUT2D eigenvalue weighted by atomic mass is 9.88. The minimum Gasteiger partial charge on any atom is -0.497 e. The number of benzene rings is 1. The largest absolute Gasteiger partial charge is 0.497 e. The summed E-state index contributed by atoms with van der Waals surface area (Å²) in [4.78, 5) is 31.8. The SMILES string of the molecule is COc1cccc([C@H]2CN(C(=O)CC(C)C)C[C@@H]2C(=O)NCc2ccccn2)c1. The molecule has 1 aliphatic rings. The molecule has 0 unspecified atom stereocenters. The van der Waals surface area contributed by atoms with E-state index in [9.17, 15) is 9.59 Å². The molecule has 0 aliphatic carbocycles. The van der Waals surface area contributed by atoms with Crippen molar-refractivity contribution in [3.05, 3.63) is 59.9 Å². The normalized spacial score (nSPS) is 18.7. The van der Waals surface area contributed by atoms with Gasteiger partial charge in [0.05, 0.1) is 25.3 Å². The van der Waals surface area contributed by atoms with Gasteiger partial charge < -0.3 is 15.0 Å². The number of rotatable bonds is 7. The van der Waals surface area contributed by atoms with Crippen LogP contribution < -0.4 is 10.1 Å². The Labute approximate surface area is 172 Å². The summed E-state index contributed by atoms with van der Waals surface area (Å²) in [7, 11) is 1.63. The number of carbonyl (C=O) groups excluding carboxylic acids is 2. The predicted molar refractivity (Wildman–Crippen MR) is 111 cm³/mol. The second-order valence-electron chi connectivity index (χ2n) is 7.93. The molecule has 2 heterocycles. The number of nitrogens with zero attached hydrogens (tertiary/aromatic N) is 2. The Morgan fingerprint density at radius 3 is 2.72 bits per heavy atom. The maximum atomic E-state index is 13.0. The van der Waals surface area contributed by atoms with E-state index in [4.69, 9.17) is 4.74 Å². The molecule has 1 aromatic heterocycles. The van der Waals surface area contributed by atoms with Crippen LogP contribution in [-0.2, 0) is 16.1 Å². The zero-order chi connectivity index (χ0) is 20.8. The smallest absolute Gasteiger partial charge is 0.225 e. The quantitative estimate of drug-likeness (QED) is 0.782. The molecule has 1 aromatic carbocycles. The maximum Gasteiger partial charge on any atom is 0.225 e. The molecule has 2 atom stereocenters. The van der Waals surface area contributed by atoms with Gasteiger partial charge in [0.1, 0.15) is 5.75 Å². The van der Waals surface area contributed by atoms with Crippen LogP contribution in [0.3, 0.4) is 0 Å². The van der Waals surface area contributed by atoms with E-state index in [2.05, 4.69) is 10.3 Å². The van der Waals surface area contributed by atoms with Gasteiger partial charge in [-0.1, -0.05) is 32.0 Å². The van der Waals surface area contributed by atoms with Crippen LogP contribution in [0.1, 0.15) is 37.4 Å². The van der Waals surface area contributed by atoms with Crippen LogP contribution in [0.2, 0.25) is 0 Å². The molecule has 154 valence electrons. The average Bonchev–Trinajstić information content (AvgIpc) is 3.18. The minimum absolute atomic E-state index is 0.0525. The molecule has 1 N–H and O–H groups in total. The lowest BCUT2D eigenvalue weighted by molar-refractivity contribution is -0.131. The Bertz CT molecular complexity index is 838. The molecule has 0 saturated carbocycles. The molecule has 29 heavy (non-hydrogen) atoms. The Hall–Kier alpha value is -2.89. The average molecular weight is 396 g/mol. The van der Waals surface area contributed by atoms with Gasteiger partial charge in [0.2, 0.25) is 11.8 Å². The highest BCUT2D eigenvalue weighted by atomic mass is 16.5. The van der Waals surface area contributed by atoms with E-state index in [0.717, 1.165) is 17.0 Å². The van der Waals surface area contributed by atoms with E-state index in [1.165, 1.54) is 0 Å². The number of aromatic nitrogens is 1. The van der Waals surface area contributed by atoms with Crippen molar-refractivity contribution in [1.29, 1.82) is 0 Å². The fourth-order valence-corrected chi connectivity index (χ4v) is 3.77. The monoisotopic (exact) mass is 395 g/mol. The van der Waals surface area contributed by atoms with Crippen LogP contribution in [0, 0.1) is 11.8 Å². The maximum absolute atomic E-state index is 13.0. The summed E-state index contributed by atoms with van der Waals surface area (Å²) in [6.45, 7) is 5.41. The van der Waals surface area contributed by atoms with Gasteiger partial charge in [-0.25, -0.2) is 0 Å². The number of carbonyl (C=O) groups is 2. The predicted octanol–water partition coefficient (Wildman–Crippen LogP) is 2.99. The number of likely N-dealkylation sites (tertiary alicyclic amines) is 1. The molecule has 6 nitrogen and oxygen atoms in total. The summed E-state index contributed by atoms with van der Waals surface area (Å²) in [6, 6.07) is 13.4. The minimum atomic E-state index is -0.304. The summed E-state index contributed by atoms with van der Waals surface area (Å²) < 4.78 is 5.35. The van der Waals surface area contributed by atoms with Gasteiger partial charge in [-0.3, -0.25) is 14.6 Å². The highest BCUT2D eigenvalue weighted by molar-refractivity contribution is 5.83. The molecule has 0 spiro atoms. The van der Waals surface area contributed by atoms with Gasteiger partial charge in [0.25, 0.3) is 0 Å². The van der Waals surface area contributed by atoms with Gasteiger partial charge in [0, 0.05) is 31.6 Å². The molecule has 2 amide bonds. The van der Waals surface area contributed by atoms with E-state index in [-0.39, 0.29) is 29.6 Å². The fraction of sp³-hybridized carbons (Fsp3) is 0.435. The van der Waals surface area contributed by atoms with Gasteiger partial charge in [-0.05, 0) is 35.7 Å². The van der Waals surface area contributed by atoms with Crippen LogP contribution in [0.15, 0.2) is 48.7 Å². The molecule has 1 fully saturated rings. The highest BCUT2D eigenvalue weighted by Crippen LogP contribution is 2.35. The topological polar surface area (TPSA) is 71.5 Å². The summed E-state index contributed by atoms with van der Waals surface area (Å²) in [5.74, 6) is 0.722. The van der Waals surface area contributed by atoms with E-state index in [0.29, 0.717) is 26.1 Å². The number of hydrogen-bond acceptors (Lipinski definition) is 4. The van der Waals surface area contributed by atoms with Gasteiger partial charge in [0.15, 0.2) is 0 Å². The molecule has 6 heteroatoms. The van der Waals surface area contributed by atoms with E-state index in [1.807, 2.05) is 61.2 Å². The number of ether oxygens (including phenoxy) is 1. The Balaban J connectivity index is 1.77. The van der Waals surface area contributed by atoms with Crippen LogP contribution in [-0.4, -0.2) is 41.9 Å². The molecule has 1 saturated heterocycles. The van der Waals surface area contributed by atoms with Crippen LogP contribution >= 0.6 is 0 Å². The number of methoxy groups -OCH3 is 1. The van der Waals surface area contributed by atoms with Crippen molar-refractivity contribution in [2.45, 2.75) is 32.7 Å². The number of amides is 2. The van der Waals surface area contributed by atoms with Crippen molar-refractivity contribution in [1.82, 2.24) is 15.2 Å². The summed E-state index contributed by atoms with van der Waals surface area (Å²) >= 11 is 0. The van der Waals surface area contributed by atoms with Crippen molar-refractivity contribution >= 4 is 11.8 Å². The molecule has 0 bridgehead atoms. The second-order valence-corrected chi connectivity index (χ2v) is 7.93. The van der Waals surface area contributed by atoms with Crippen molar-refractivity contribution in [3.8, 4) is 5.75 Å². The zero-order valence-electron chi connectivity index (χ0n) is 17.3. The summed E-state index contributed by atoms with van der Waals surface area (Å²) in [6.07, 6.45) is 2.20. The van der Waals surface area contributed by atoms with Crippen molar-refractivity contribution in [2.24, 2.45) is 11.8 Å². The number of pyridine rings is 1. The van der Waals surface area contributed by atoms with Gasteiger partial charge in [-0.15, -0.1) is 0 Å². The number of nitrogens with one attached hydrogen (secondary N) is 1. The van der Waals surface area contributed by atoms with Crippen molar-refractivity contribution in [3.63, 3.8) is 0 Å². The zero-order valence-corrected chi connectivity index (χ0v) is 17.3. The summed E-state index contributed by atoms with van der Waals surface area (Å²) in [5, 5.41) is 3.00. The Kier molecular flexibility index (Phi) is 6.86. The highest BCUT2D eigenvalue weighted by Gasteiger charge is 2.40.